The average Bonchev–Trinajstić information content (AvgIpc) is 2.64. The Morgan fingerprint density at radius 3 is 2.72 bits per heavy atom. The summed E-state index contributed by atoms with van der Waals surface area (Å²) in [5.41, 5.74) is 0. The molecule has 1 heterocycles. The first-order valence-electron chi connectivity index (χ1n) is 7.23. The van der Waals surface area contributed by atoms with Crippen molar-refractivity contribution in [2.24, 2.45) is 11.8 Å². The number of rotatable bonds is 5. The van der Waals surface area contributed by atoms with Gasteiger partial charge < -0.3 is 5.32 Å². The molecule has 1 nitrogen and oxygen atoms in total. The summed E-state index contributed by atoms with van der Waals surface area (Å²) in [5, 5.41) is 5.77. The fourth-order valence-corrected chi connectivity index (χ4v) is 4.65. The molecule has 0 spiro atoms. The van der Waals surface area contributed by atoms with Crippen LogP contribution in [0.15, 0.2) is 15.9 Å². The molecule has 3 heteroatoms. The third kappa shape index (κ3) is 4.07. The van der Waals surface area contributed by atoms with Crippen molar-refractivity contribution < 1.29 is 0 Å². The first-order valence-corrected chi connectivity index (χ1v) is 8.91. The molecular weight excluding hydrogens is 306 g/mol. The van der Waals surface area contributed by atoms with E-state index in [1.165, 1.54) is 49.5 Å². The molecule has 0 aliphatic heterocycles. The fourth-order valence-electron chi connectivity index (χ4n) is 3.04. The van der Waals surface area contributed by atoms with Crippen LogP contribution in [0, 0.1) is 11.8 Å². The number of thiophene rings is 1. The van der Waals surface area contributed by atoms with Crippen LogP contribution in [-0.2, 0) is 6.42 Å². The molecule has 0 aromatic carbocycles. The Labute approximate surface area is 123 Å². The lowest BCUT2D eigenvalue weighted by Gasteiger charge is -2.25. The van der Waals surface area contributed by atoms with Gasteiger partial charge in [0.25, 0.3) is 0 Å². The number of nitrogens with one attached hydrogen (secondary N) is 1. The van der Waals surface area contributed by atoms with Gasteiger partial charge in [-0.15, -0.1) is 11.3 Å². The molecule has 1 N–H and O–H groups in total. The zero-order valence-corrected chi connectivity index (χ0v) is 13.7. The van der Waals surface area contributed by atoms with Crippen LogP contribution >= 0.6 is 27.3 Å². The molecule has 18 heavy (non-hydrogen) atoms. The van der Waals surface area contributed by atoms with Gasteiger partial charge in [0, 0.05) is 9.35 Å². The highest BCUT2D eigenvalue weighted by atomic mass is 79.9. The Bertz CT molecular complexity index is 350. The van der Waals surface area contributed by atoms with Gasteiger partial charge in [-0.1, -0.05) is 26.2 Å². The van der Waals surface area contributed by atoms with E-state index < -0.39 is 0 Å². The zero-order valence-electron chi connectivity index (χ0n) is 11.3. The average molecular weight is 330 g/mol. The Hall–Kier alpha value is 0.140. The highest BCUT2D eigenvalue weighted by molar-refractivity contribution is 9.10. The van der Waals surface area contributed by atoms with Gasteiger partial charge in [-0.3, -0.25) is 0 Å². The Morgan fingerprint density at radius 1 is 1.28 bits per heavy atom. The van der Waals surface area contributed by atoms with Crippen molar-refractivity contribution in [1.82, 2.24) is 5.32 Å². The number of hydrogen-bond acceptors (Lipinski definition) is 2. The minimum absolute atomic E-state index is 0.876. The molecule has 102 valence electrons. The smallest absolute Gasteiger partial charge is 0.0314 e. The van der Waals surface area contributed by atoms with Gasteiger partial charge in [-0.05, 0) is 71.6 Å². The summed E-state index contributed by atoms with van der Waals surface area (Å²) >= 11 is 5.59. The van der Waals surface area contributed by atoms with Crippen molar-refractivity contribution in [3.05, 3.63) is 20.8 Å². The Kier molecular flexibility index (Phi) is 6.19. The second-order valence-electron chi connectivity index (χ2n) is 5.36. The minimum atomic E-state index is 0.876. The molecule has 0 saturated heterocycles. The van der Waals surface area contributed by atoms with E-state index in [0.717, 1.165) is 18.4 Å². The van der Waals surface area contributed by atoms with Gasteiger partial charge in [-0.2, -0.15) is 0 Å². The zero-order chi connectivity index (χ0) is 12.8. The van der Waals surface area contributed by atoms with Crippen molar-refractivity contribution in [3.8, 4) is 0 Å². The Morgan fingerprint density at radius 2 is 2.06 bits per heavy atom. The van der Waals surface area contributed by atoms with E-state index in [1.54, 1.807) is 4.88 Å². The highest BCUT2D eigenvalue weighted by Crippen LogP contribution is 2.34. The third-order valence-corrected chi connectivity index (χ3v) is 6.06. The SMILES string of the molecule is CCNCC1CCCCCC1Cc1sccc1Br. The standard InChI is InChI=1S/C15H24BrNS/c1-2-17-11-13-7-5-3-4-6-12(13)10-15-14(16)8-9-18-15/h8-9,12-13,17H,2-7,10-11H2,1H3. The lowest BCUT2D eigenvalue weighted by Crippen LogP contribution is -2.28. The largest absolute Gasteiger partial charge is 0.317 e. The molecule has 0 bridgehead atoms. The quantitative estimate of drug-likeness (QED) is 0.760. The summed E-state index contributed by atoms with van der Waals surface area (Å²) in [5.74, 6) is 1.75. The van der Waals surface area contributed by atoms with Crippen LogP contribution in [0.25, 0.3) is 0 Å². The molecule has 2 rings (SSSR count). The van der Waals surface area contributed by atoms with Crippen LogP contribution in [0.5, 0.6) is 0 Å². The van der Waals surface area contributed by atoms with Gasteiger partial charge >= 0.3 is 0 Å². The molecular formula is C15H24BrNS. The first-order chi connectivity index (χ1) is 8.81. The van der Waals surface area contributed by atoms with Crippen LogP contribution in [0.4, 0.5) is 0 Å². The summed E-state index contributed by atoms with van der Waals surface area (Å²) in [4.78, 5) is 1.54. The summed E-state index contributed by atoms with van der Waals surface area (Å²) < 4.78 is 1.32. The molecule has 2 unspecified atom stereocenters. The molecule has 1 fully saturated rings. The van der Waals surface area contributed by atoms with E-state index in [9.17, 15) is 0 Å². The van der Waals surface area contributed by atoms with Crippen LogP contribution in [0.2, 0.25) is 0 Å². The Balaban J connectivity index is 1.98. The molecule has 2 atom stereocenters. The third-order valence-electron chi connectivity index (χ3n) is 4.11. The van der Waals surface area contributed by atoms with Crippen molar-refractivity contribution in [2.45, 2.75) is 45.4 Å². The number of halogens is 1. The van der Waals surface area contributed by atoms with Gasteiger partial charge in [0.2, 0.25) is 0 Å². The topological polar surface area (TPSA) is 12.0 Å². The van der Waals surface area contributed by atoms with Crippen LogP contribution < -0.4 is 5.32 Å². The van der Waals surface area contributed by atoms with Gasteiger partial charge in [-0.25, -0.2) is 0 Å². The van der Waals surface area contributed by atoms with Crippen molar-refractivity contribution in [1.29, 1.82) is 0 Å². The molecule has 1 aromatic heterocycles. The van der Waals surface area contributed by atoms with E-state index >= 15 is 0 Å². The lowest BCUT2D eigenvalue weighted by molar-refractivity contribution is 0.301. The summed E-state index contributed by atoms with van der Waals surface area (Å²) in [6, 6.07) is 2.19. The summed E-state index contributed by atoms with van der Waals surface area (Å²) in [6.07, 6.45) is 8.40. The fraction of sp³-hybridized carbons (Fsp3) is 0.733. The summed E-state index contributed by atoms with van der Waals surface area (Å²) in [7, 11) is 0. The van der Waals surface area contributed by atoms with Gasteiger partial charge in [0.15, 0.2) is 0 Å². The second-order valence-corrected chi connectivity index (χ2v) is 7.22. The molecule has 0 amide bonds. The second kappa shape index (κ2) is 7.66. The van der Waals surface area contributed by atoms with E-state index in [0.29, 0.717) is 0 Å². The van der Waals surface area contributed by atoms with Crippen LogP contribution in [-0.4, -0.2) is 13.1 Å². The van der Waals surface area contributed by atoms with Crippen molar-refractivity contribution in [2.75, 3.05) is 13.1 Å². The molecule has 1 aromatic rings. The molecule has 1 aliphatic rings. The monoisotopic (exact) mass is 329 g/mol. The maximum Gasteiger partial charge on any atom is 0.0314 e. The first kappa shape index (κ1) is 14.5. The van der Waals surface area contributed by atoms with Gasteiger partial charge in [0.05, 0.1) is 0 Å². The molecule has 1 saturated carbocycles. The molecule has 0 radical (unpaired) electrons. The predicted octanol–water partition coefficient (Wildman–Crippen LogP) is 4.86. The van der Waals surface area contributed by atoms with Crippen LogP contribution in [0.1, 0.15) is 43.9 Å². The number of hydrogen-bond donors (Lipinski definition) is 1. The maximum atomic E-state index is 3.68. The van der Waals surface area contributed by atoms with Gasteiger partial charge in [0.1, 0.15) is 0 Å². The molecule has 1 aliphatic carbocycles. The van der Waals surface area contributed by atoms with E-state index in [1.807, 2.05) is 11.3 Å². The minimum Gasteiger partial charge on any atom is -0.317 e. The van der Waals surface area contributed by atoms with Crippen LogP contribution in [0.3, 0.4) is 0 Å². The predicted molar refractivity (Wildman–Crippen MR) is 84.3 cm³/mol. The van der Waals surface area contributed by atoms with E-state index in [2.05, 4.69) is 39.6 Å². The maximum absolute atomic E-state index is 3.68. The van der Waals surface area contributed by atoms with E-state index in [4.69, 9.17) is 0 Å². The normalized spacial score (nSPS) is 25.0. The van der Waals surface area contributed by atoms with Crippen molar-refractivity contribution >= 4 is 27.3 Å². The van der Waals surface area contributed by atoms with E-state index in [-0.39, 0.29) is 0 Å². The summed E-state index contributed by atoms with van der Waals surface area (Å²) in [6.45, 7) is 4.53. The van der Waals surface area contributed by atoms with Crippen molar-refractivity contribution in [3.63, 3.8) is 0 Å². The lowest BCUT2D eigenvalue weighted by atomic mass is 9.85. The highest BCUT2D eigenvalue weighted by Gasteiger charge is 2.24.